The Kier molecular flexibility index (Phi) is 8.43. The fourth-order valence-corrected chi connectivity index (χ4v) is 2.73. The van der Waals surface area contributed by atoms with Crippen molar-refractivity contribution in [1.29, 1.82) is 4.78 Å². The zero-order valence-corrected chi connectivity index (χ0v) is 10.2. The number of nitrogens with one attached hydrogen (secondary N) is 2. The maximum absolute atomic E-state index is 11.1. The van der Waals surface area contributed by atoms with Crippen LogP contribution in [0.3, 0.4) is 0 Å². The van der Waals surface area contributed by atoms with Crippen molar-refractivity contribution in [2.45, 2.75) is 12.8 Å². The quantitative estimate of drug-likeness (QED) is 0.779. The number of hydrogen-bond donors (Lipinski definition) is 2. The van der Waals surface area contributed by atoms with Crippen molar-refractivity contribution in [1.82, 2.24) is 5.32 Å². The molecule has 1 rings (SSSR count). The van der Waals surface area contributed by atoms with Gasteiger partial charge in [0.2, 0.25) is 0 Å². The van der Waals surface area contributed by atoms with Crippen LogP contribution in [-0.2, 0) is 9.73 Å². The Labute approximate surface area is 92.8 Å². The summed E-state index contributed by atoms with van der Waals surface area (Å²) in [6.45, 7) is 2.06. The van der Waals surface area contributed by atoms with Crippen LogP contribution in [0.4, 0.5) is 0 Å². The van der Waals surface area contributed by atoms with Crippen molar-refractivity contribution in [2.75, 3.05) is 25.1 Å². The van der Waals surface area contributed by atoms with Crippen molar-refractivity contribution in [3.05, 3.63) is 0 Å². The van der Waals surface area contributed by atoms with E-state index in [0.29, 0.717) is 11.7 Å². The molecule has 1 saturated heterocycles. The van der Waals surface area contributed by atoms with Gasteiger partial charge < -0.3 is 5.32 Å². The second-order valence-electron chi connectivity index (χ2n) is 3.37. The molecule has 0 aromatic carbocycles. The van der Waals surface area contributed by atoms with Crippen molar-refractivity contribution in [3.63, 3.8) is 0 Å². The van der Waals surface area contributed by atoms with E-state index in [0.717, 1.165) is 25.9 Å². The van der Waals surface area contributed by atoms with Crippen LogP contribution in [-0.4, -0.2) is 29.3 Å². The van der Waals surface area contributed by atoms with E-state index >= 15 is 0 Å². The Bertz CT molecular complexity index is 213. The molecule has 0 bridgehead atoms. The summed E-state index contributed by atoms with van der Waals surface area (Å²) in [4.78, 5) is 0. The van der Waals surface area contributed by atoms with Gasteiger partial charge in [0.1, 0.15) is 0 Å². The molecule has 0 aliphatic carbocycles. The van der Waals surface area contributed by atoms with Crippen molar-refractivity contribution in [3.8, 4) is 0 Å². The maximum Gasteiger partial charge on any atom is 0.0415 e. The number of halogens is 2. The summed E-state index contributed by atoms with van der Waals surface area (Å²) in [7, 11) is -2.25. The van der Waals surface area contributed by atoms with Gasteiger partial charge >= 0.3 is 0 Å². The summed E-state index contributed by atoms with van der Waals surface area (Å²) >= 11 is 0. The summed E-state index contributed by atoms with van der Waals surface area (Å²) in [5, 5.41) is 3.25. The molecule has 3 nitrogen and oxygen atoms in total. The molecule has 1 fully saturated rings. The fourth-order valence-electron chi connectivity index (χ4n) is 1.50. The van der Waals surface area contributed by atoms with Crippen LogP contribution >= 0.6 is 24.8 Å². The summed E-state index contributed by atoms with van der Waals surface area (Å²) in [6, 6.07) is 0. The lowest BCUT2D eigenvalue weighted by Gasteiger charge is -2.22. The van der Waals surface area contributed by atoms with E-state index in [1.54, 1.807) is 0 Å². The smallest absolute Gasteiger partial charge is 0.0415 e. The zero-order chi connectivity index (χ0) is 8.32. The van der Waals surface area contributed by atoms with E-state index in [1.165, 1.54) is 6.26 Å². The van der Waals surface area contributed by atoms with Crippen LogP contribution in [0.1, 0.15) is 12.8 Å². The Morgan fingerprint density at radius 1 is 1.38 bits per heavy atom. The molecule has 6 heteroatoms. The van der Waals surface area contributed by atoms with Crippen LogP contribution in [0, 0.1) is 10.7 Å². The Morgan fingerprint density at radius 2 is 1.85 bits per heavy atom. The highest BCUT2D eigenvalue weighted by molar-refractivity contribution is 7.91. The molecular formula is C7H18Cl2N2OS. The summed E-state index contributed by atoms with van der Waals surface area (Å²) in [5.41, 5.74) is 0. The topological polar surface area (TPSA) is 53.0 Å². The van der Waals surface area contributed by atoms with Gasteiger partial charge in [0.25, 0.3) is 0 Å². The standard InChI is InChI=1S/C7H16N2OS.2ClH/c1-11(8,10)6-7-2-4-9-5-3-7;;/h7-9H,2-6H2,1H3;2*1H. The maximum atomic E-state index is 11.1. The van der Waals surface area contributed by atoms with E-state index in [2.05, 4.69) is 5.32 Å². The van der Waals surface area contributed by atoms with Crippen molar-refractivity contribution >= 4 is 34.5 Å². The van der Waals surface area contributed by atoms with E-state index < -0.39 is 9.73 Å². The molecule has 13 heavy (non-hydrogen) atoms. The van der Waals surface area contributed by atoms with Crippen molar-refractivity contribution in [2.24, 2.45) is 5.92 Å². The molecule has 0 aromatic heterocycles. The number of piperidine rings is 1. The van der Waals surface area contributed by atoms with Gasteiger partial charge in [0.15, 0.2) is 0 Å². The number of rotatable bonds is 2. The highest BCUT2D eigenvalue weighted by atomic mass is 35.5. The third-order valence-electron chi connectivity index (χ3n) is 2.01. The summed E-state index contributed by atoms with van der Waals surface area (Å²) in [6.07, 6.45) is 3.71. The van der Waals surface area contributed by atoms with Gasteiger partial charge in [0, 0.05) is 21.7 Å². The van der Waals surface area contributed by atoms with Crippen LogP contribution in [0.2, 0.25) is 0 Å². The van der Waals surface area contributed by atoms with Gasteiger partial charge in [-0.3, -0.25) is 8.99 Å². The van der Waals surface area contributed by atoms with Crippen LogP contribution in [0.15, 0.2) is 0 Å². The highest BCUT2D eigenvalue weighted by Crippen LogP contribution is 2.13. The van der Waals surface area contributed by atoms with E-state index in [1.807, 2.05) is 0 Å². The average Bonchev–Trinajstić information content (AvgIpc) is 1.85. The molecule has 82 valence electrons. The molecule has 1 atom stereocenters. The first-order valence-corrected chi connectivity index (χ1v) is 6.13. The normalized spacial score (nSPS) is 22.2. The minimum Gasteiger partial charge on any atom is -0.317 e. The van der Waals surface area contributed by atoms with Gasteiger partial charge in [-0.1, -0.05) is 0 Å². The second kappa shape index (κ2) is 6.87. The van der Waals surface area contributed by atoms with Gasteiger partial charge in [-0.05, 0) is 31.8 Å². The molecule has 1 heterocycles. The largest absolute Gasteiger partial charge is 0.317 e. The lowest BCUT2D eigenvalue weighted by Crippen LogP contribution is -2.30. The molecule has 2 N–H and O–H groups in total. The molecule has 0 radical (unpaired) electrons. The van der Waals surface area contributed by atoms with Crippen LogP contribution in [0.25, 0.3) is 0 Å². The Balaban J connectivity index is 0. The van der Waals surface area contributed by atoms with Gasteiger partial charge in [-0.25, -0.2) is 0 Å². The Hall–Kier alpha value is 0.490. The molecule has 0 spiro atoms. The predicted molar refractivity (Wildman–Crippen MR) is 61.7 cm³/mol. The monoisotopic (exact) mass is 248 g/mol. The van der Waals surface area contributed by atoms with Gasteiger partial charge in [-0.2, -0.15) is 0 Å². The molecule has 0 amide bonds. The molecule has 1 aliphatic heterocycles. The third-order valence-corrected chi connectivity index (χ3v) is 3.12. The summed E-state index contributed by atoms with van der Waals surface area (Å²) < 4.78 is 18.4. The molecule has 0 aromatic rings. The fraction of sp³-hybridized carbons (Fsp3) is 1.00. The zero-order valence-electron chi connectivity index (χ0n) is 7.75. The van der Waals surface area contributed by atoms with Gasteiger partial charge in [-0.15, -0.1) is 24.8 Å². The summed E-state index contributed by atoms with van der Waals surface area (Å²) in [5.74, 6) is 1.11. The second-order valence-corrected chi connectivity index (χ2v) is 5.71. The average molecular weight is 249 g/mol. The minimum absolute atomic E-state index is 0. The van der Waals surface area contributed by atoms with Crippen molar-refractivity contribution < 1.29 is 4.21 Å². The van der Waals surface area contributed by atoms with Crippen LogP contribution < -0.4 is 5.32 Å². The molecule has 1 unspecified atom stereocenters. The molecular weight excluding hydrogens is 231 g/mol. The van der Waals surface area contributed by atoms with E-state index in [9.17, 15) is 4.21 Å². The first-order chi connectivity index (χ1) is 5.08. The third kappa shape index (κ3) is 7.55. The molecule has 0 saturated carbocycles. The predicted octanol–water partition coefficient (Wildman–Crippen LogP) is 1.51. The first kappa shape index (κ1) is 15.9. The SMILES string of the molecule is CS(=N)(=O)CC1CCNCC1.Cl.Cl. The lowest BCUT2D eigenvalue weighted by molar-refractivity contribution is 0.405. The lowest BCUT2D eigenvalue weighted by atomic mass is 10.0. The van der Waals surface area contributed by atoms with E-state index in [-0.39, 0.29) is 24.8 Å². The molecule has 1 aliphatic rings. The van der Waals surface area contributed by atoms with Gasteiger partial charge in [0.05, 0.1) is 0 Å². The first-order valence-electron chi connectivity index (χ1n) is 4.00. The van der Waals surface area contributed by atoms with Crippen LogP contribution in [0.5, 0.6) is 0 Å². The minimum atomic E-state index is -2.25. The highest BCUT2D eigenvalue weighted by Gasteiger charge is 2.15. The van der Waals surface area contributed by atoms with E-state index in [4.69, 9.17) is 4.78 Å². The number of hydrogen-bond acceptors (Lipinski definition) is 3. The Morgan fingerprint density at radius 3 is 2.23 bits per heavy atom.